The number of hydrogen-bond acceptors (Lipinski definition) is 7. The first kappa shape index (κ1) is 19.5. The van der Waals surface area contributed by atoms with Gasteiger partial charge >= 0.3 is 17.1 Å². The Morgan fingerprint density at radius 1 is 1.37 bits per heavy atom. The van der Waals surface area contributed by atoms with Crippen molar-refractivity contribution in [1.82, 2.24) is 19.1 Å². The Morgan fingerprint density at radius 2 is 2.11 bits per heavy atom. The van der Waals surface area contributed by atoms with Gasteiger partial charge in [0.05, 0.1) is 28.8 Å². The normalized spacial score (nSPS) is 10.4. The van der Waals surface area contributed by atoms with Gasteiger partial charge in [-0.2, -0.15) is 0 Å². The fourth-order valence-electron chi connectivity index (χ4n) is 2.55. The van der Waals surface area contributed by atoms with Gasteiger partial charge in [0, 0.05) is 25.4 Å². The number of nitro benzene ring substituents is 1. The van der Waals surface area contributed by atoms with Gasteiger partial charge in [-0.3, -0.25) is 29.1 Å². The summed E-state index contributed by atoms with van der Waals surface area (Å²) in [5.74, 6) is -0.526. The summed E-state index contributed by atoms with van der Waals surface area (Å²) in [6.45, 7) is 1.03. The van der Waals surface area contributed by atoms with Gasteiger partial charge in [0.15, 0.2) is 0 Å². The molecule has 3 rings (SSSR count). The molecule has 1 aromatic carbocycles. The zero-order valence-corrected chi connectivity index (χ0v) is 14.0. The first-order valence-electron chi connectivity index (χ1n) is 7.45. The Morgan fingerprint density at radius 3 is 2.70 bits per heavy atom. The van der Waals surface area contributed by atoms with Crippen LogP contribution in [0.25, 0.3) is 16.7 Å². The molecule has 27 heavy (non-hydrogen) atoms. The maximum atomic E-state index is 12.2. The fraction of sp³-hybridized carbons (Fsp3) is 0.200. The molecule has 3 N–H and O–H groups in total. The number of fused-ring (bicyclic) bond motifs is 1. The molecule has 0 aliphatic carbocycles. The third-order valence-electron chi connectivity index (χ3n) is 3.67. The van der Waals surface area contributed by atoms with E-state index < -0.39 is 22.0 Å². The molecule has 0 atom stereocenters. The van der Waals surface area contributed by atoms with Crippen LogP contribution in [0.1, 0.15) is 6.92 Å². The summed E-state index contributed by atoms with van der Waals surface area (Å²) in [4.78, 5) is 52.0. The van der Waals surface area contributed by atoms with Crippen molar-refractivity contribution in [1.29, 1.82) is 0 Å². The van der Waals surface area contributed by atoms with Crippen molar-refractivity contribution in [3.63, 3.8) is 0 Å². The van der Waals surface area contributed by atoms with E-state index in [-0.39, 0.29) is 41.0 Å². The molecule has 0 saturated carbocycles. The Bertz CT molecular complexity index is 1110. The second-order valence-corrected chi connectivity index (χ2v) is 5.34. The number of rotatable bonds is 5. The summed E-state index contributed by atoms with van der Waals surface area (Å²) in [5, 5.41) is 11.4. The number of carbonyl (C=O) groups excluding carboxylic acids is 1. The van der Waals surface area contributed by atoms with E-state index in [9.17, 15) is 24.5 Å². The van der Waals surface area contributed by atoms with Crippen LogP contribution in [0.2, 0.25) is 0 Å². The van der Waals surface area contributed by atoms with Crippen LogP contribution in [-0.4, -0.2) is 42.1 Å². The minimum atomic E-state index is -0.926. The lowest BCUT2D eigenvalue weighted by Crippen LogP contribution is -2.37. The van der Waals surface area contributed by atoms with E-state index >= 15 is 0 Å². The van der Waals surface area contributed by atoms with Crippen LogP contribution in [0.15, 0.2) is 40.4 Å². The summed E-state index contributed by atoms with van der Waals surface area (Å²) in [6.07, 6.45) is 4.34. The highest BCUT2D eigenvalue weighted by Gasteiger charge is 2.19. The summed E-state index contributed by atoms with van der Waals surface area (Å²) in [6, 6.07) is 2.58. The standard InChI is InChI=1S/C15H13N5O6.H2O/c1-9(21)26-5-4-19-11-7-12(18-3-2-16-8-18)13(20(24)25)6-10(11)17-14(22)15(19)23;/h2-3,6-8H,4-5H2,1H3,(H,17,22);1H2. The van der Waals surface area contributed by atoms with Crippen molar-refractivity contribution in [3.8, 4) is 5.69 Å². The Hall–Kier alpha value is -3.80. The lowest BCUT2D eigenvalue weighted by atomic mass is 10.2. The van der Waals surface area contributed by atoms with E-state index in [1.165, 1.54) is 42.3 Å². The van der Waals surface area contributed by atoms with Gasteiger partial charge in [0.1, 0.15) is 12.3 Å². The van der Waals surface area contributed by atoms with Crippen LogP contribution in [0.4, 0.5) is 5.69 Å². The van der Waals surface area contributed by atoms with Crippen molar-refractivity contribution < 1.29 is 19.9 Å². The summed E-state index contributed by atoms with van der Waals surface area (Å²) < 4.78 is 7.35. The number of H-pyrrole nitrogens is 1. The van der Waals surface area contributed by atoms with E-state index in [1.54, 1.807) is 0 Å². The van der Waals surface area contributed by atoms with Crippen LogP contribution in [0.3, 0.4) is 0 Å². The van der Waals surface area contributed by atoms with Crippen molar-refractivity contribution in [2.24, 2.45) is 0 Å². The van der Waals surface area contributed by atoms with Crippen molar-refractivity contribution in [2.75, 3.05) is 6.61 Å². The lowest BCUT2D eigenvalue weighted by Gasteiger charge is -2.12. The average Bonchev–Trinajstić information content (AvgIpc) is 3.11. The molecule has 0 saturated heterocycles. The number of imidazole rings is 1. The number of nitrogens with one attached hydrogen (secondary N) is 1. The third-order valence-corrected chi connectivity index (χ3v) is 3.67. The molecule has 2 aromatic heterocycles. The summed E-state index contributed by atoms with van der Waals surface area (Å²) in [5.41, 5.74) is -1.49. The molecule has 0 unspecified atom stereocenters. The molecule has 12 heteroatoms. The predicted molar refractivity (Wildman–Crippen MR) is 92.9 cm³/mol. The van der Waals surface area contributed by atoms with Gasteiger partial charge in [-0.15, -0.1) is 0 Å². The number of esters is 1. The number of aromatic amines is 1. The van der Waals surface area contributed by atoms with Crippen molar-refractivity contribution in [2.45, 2.75) is 13.5 Å². The molecule has 0 fully saturated rings. The van der Waals surface area contributed by atoms with Crippen LogP contribution in [0.5, 0.6) is 0 Å². The van der Waals surface area contributed by atoms with Crippen LogP contribution >= 0.6 is 0 Å². The largest absolute Gasteiger partial charge is 0.464 e. The molecular weight excluding hydrogens is 362 g/mol. The second-order valence-electron chi connectivity index (χ2n) is 5.34. The summed E-state index contributed by atoms with van der Waals surface area (Å²) >= 11 is 0. The number of nitrogens with zero attached hydrogens (tertiary/aromatic N) is 4. The number of hydrogen-bond donors (Lipinski definition) is 1. The maximum absolute atomic E-state index is 12.2. The van der Waals surface area contributed by atoms with Crippen LogP contribution in [0, 0.1) is 10.1 Å². The van der Waals surface area contributed by atoms with Gasteiger partial charge in [-0.25, -0.2) is 4.98 Å². The van der Waals surface area contributed by atoms with E-state index in [0.717, 1.165) is 4.57 Å². The molecule has 0 aliphatic heterocycles. The molecule has 0 aliphatic rings. The smallest absolute Gasteiger partial charge is 0.316 e. The molecule has 12 nitrogen and oxygen atoms in total. The van der Waals surface area contributed by atoms with Gasteiger partial charge in [-0.05, 0) is 6.07 Å². The monoisotopic (exact) mass is 377 g/mol. The SMILES string of the molecule is CC(=O)OCCn1c(=O)c(=O)[nH]c2cc([N+](=O)[O-])c(-n3ccnc3)cc21.O. The zero-order chi connectivity index (χ0) is 18.8. The molecule has 0 radical (unpaired) electrons. The molecule has 0 spiro atoms. The molecular formula is C15H15N5O7. The molecule has 0 bridgehead atoms. The number of ether oxygens (including phenoxy) is 1. The molecule has 2 heterocycles. The number of aromatic nitrogens is 4. The number of carbonyl (C=O) groups is 1. The highest BCUT2D eigenvalue weighted by atomic mass is 16.6. The lowest BCUT2D eigenvalue weighted by molar-refractivity contribution is -0.384. The third kappa shape index (κ3) is 3.74. The van der Waals surface area contributed by atoms with E-state index in [4.69, 9.17) is 4.74 Å². The van der Waals surface area contributed by atoms with Gasteiger partial charge in [0.2, 0.25) is 0 Å². The topological polar surface area (TPSA) is 174 Å². The molecule has 3 aromatic rings. The quantitative estimate of drug-likeness (QED) is 0.270. The van der Waals surface area contributed by atoms with Crippen LogP contribution in [-0.2, 0) is 16.1 Å². The minimum absolute atomic E-state index is 0. The van der Waals surface area contributed by atoms with E-state index in [0.29, 0.717) is 0 Å². The van der Waals surface area contributed by atoms with Gasteiger partial charge in [-0.1, -0.05) is 0 Å². The first-order valence-corrected chi connectivity index (χ1v) is 7.45. The maximum Gasteiger partial charge on any atom is 0.316 e. The average molecular weight is 377 g/mol. The predicted octanol–water partition coefficient (Wildman–Crippen LogP) is -0.478. The van der Waals surface area contributed by atoms with Crippen molar-refractivity contribution >= 4 is 22.7 Å². The van der Waals surface area contributed by atoms with Crippen molar-refractivity contribution in [3.05, 3.63) is 61.7 Å². The van der Waals surface area contributed by atoms with Gasteiger partial charge < -0.3 is 19.8 Å². The van der Waals surface area contributed by atoms with E-state index in [1.807, 2.05) is 0 Å². The minimum Gasteiger partial charge on any atom is -0.464 e. The second kappa shape index (κ2) is 7.61. The Labute approximate surface area is 150 Å². The highest BCUT2D eigenvalue weighted by Crippen LogP contribution is 2.27. The number of benzene rings is 1. The first-order chi connectivity index (χ1) is 12.4. The fourth-order valence-corrected chi connectivity index (χ4v) is 2.55. The number of nitro groups is 1. The Kier molecular flexibility index (Phi) is 5.51. The zero-order valence-electron chi connectivity index (χ0n) is 14.0. The Balaban J connectivity index is 0.00000261. The van der Waals surface area contributed by atoms with Crippen LogP contribution < -0.4 is 11.1 Å². The summed E-state index contributed by atoms with van der Waals surface area (Å²) in [7, 11) is 0. The molecule has 0 amide bonds. The van der Waals surface area contributed by atoms with E-state index in [2.05, 4.69) is 9.97 Å². The highest BCUT2D eigenvalue weighted by molar-refractivity contribution is 5.82. The molecule has 142 valence electrons. The van der Waals surface area contributed by atoms with Gasteiger partial charge in [0.25, 0.3) is 5.69 Å².